The van der Waals surface area contributed by atoms with Crippen molar-refractivity contribution in [3.63, 3.8) is 0 Å². The third kappa shape index (κ3) is 5.45. The van der Waals surface area contributed by atoms with Gasteiger partial charge < -0.3 is 14.8 Å². The van der Waals surface area contributed by atoms with E-state index in [0.29, 0.717) is 36.1 Å². The topological polar surface area (TPSA) is 114 Å². The molecule has 8 heteroatoms. The first-order valence-electron chi connectivity index (χ1n) is 8.63. The van der Waals surface area contributed by atoms with Crippen LogP contribution in [0.4, 0.5) is 5.69 Å². The molecule has 0 bridgehead atoms. The average molecular weight is 383 g/mol. The minimum atomic E-state index is -0.482. The van der Waals surface area contributed by atoms with E-state index in [1.54, 1.807) is 18.2 Å². The Kier molecular flexibility index (Phi) is 7.34. The van der Waals surface area contributed by atoms with Crippen molar-refractivity contribution >= 4 is 11.6 Å². The standard InChI is InChI=1S/C20H21N3O5/c1-27-18-11-16(17(23(25)26)12-19(18)28-2)9-10-22-20(24)8-7-14-3-5-15(13-21)6-4-14/h3-6,11-12H,7-10H2,1-2H3,(H,22,24). The molecule has 0 radical (unpaired) electrons. The number of carbonyl (C=O) groups excluding carboxylic acids is 1. The van der Waals surface area contributed by atoms with Gasteiger partial charge in [-0.3, -0.25) is 14.9 Å². The van der Waals surface area contributed by atoms with Crippen LogP contribution in [0, 0.1) is 21.4 Å². The number of rotatable bonds is 9. The van der Waals surface area contributed by atoms with E-state index in [0.717, 1.165) is 5.56 Å². The van der Waals surface area contributed by atoms with Crippen molar-refractivity contribution in [1.29, 1.82) is 5.26 Å². The third-order valence-corrected chi connectivity index (χ3v) is 4.22. The summed E-state index contributed by atoms with van der Waals surface area (Å²) in [5.74, 6) is 0.534. The van der Waals surface area contributed by atoms with Crippen LogP contribution < -0.4 is 14.8 Å². The molecule has 1 N–H and O–H groups in total. The van der Waals surface area contributed by atoms with Gasteiger partial charge >= 0.3 is 0 Å². The van der Waals surface area contributed by atoms with E-state index in [2.05, 4.69) is 5.32 Å². The van der Waals surface area contributed by atoms with Gasteiger partial charge in [0.05, 0.1) is 36.8 Å². The Bertz CT molecular complexity index is 888. The second-order valence-electron chi connectivity index (χ2n) is 6.00. The lowest BCUT2D eigenvalue weighted by Crippen LogP contribution is -2.26. The van der Waals surface area contributed by atoms with Crippen LogP contribution in [0.3, 0.4) is 0 Å². The van der Waals surface area contributed by atoms with E-state index in [9.17, 15) is 14.9 Å². The molecule has 0 unspecified atom stereocenters. The van der Waals surface area contributed by atoms with Crippen LogP contribution >= 0.6 is 0 Å². The molecule has 0 fully saturated rings. The van der Waals surface area contributed by atoms with E-state index in [4.69, 9.17) is 14.7 Å². The van der Waals surface area contributed by atoms with Crippen LogP contribution in [0.5, 0.6) is 11.5 Å². The molecule has 0 saturated heterocycles. The maximum atomic E-state index is 12.0. The zero-order valence-corrected chi connectivity index (χ0v) is 15.7. The van der Waals surface area contributed by atoms with Crippen molar-refractivity contribution in [2.45, 2.75) is 19.3 Å². The van der Waals surface area contributed by atoms with Crippen molar-refractivity contribution in [1.82, 2.24) is 5.32 Å². The quantitative estimate of drug-likeness (QED) is 0.526. The Hall–Kier alpha value is -3.60. The number of nitrogens with zero attached hydrogens (tertiary/aromatic N) is 2. The van der Waals surface area contributed by atoms with Crippen LogP contribution in [0.1, 0.15) is 23.1 Å². The number of hydrogen-bond donors (Lipinski definition) is 1. The van der Waals surface area contributed by atoms with Gasteiger partial charge in [-0.2, -0.15) is 5.26 Å². The predicted molar refractivity (Wildman–Crippen MR) is 102 cm³/mol. The van der Waals surface area contributed by atoms with Gasteiger partial charge in [0, 0.05) is 18.5 Å². The molecule has 28 heavy (non-hydrogen) atoms. The zero-order chi connectivity index (χ0) is 20.5. The molecule has 0 aliphatic rings. The van der Waals surface area contributed by atoms with Gasteiger partial charge in [-0.1, -0.05) is 12.1 Å². The lowest BCUT2D eigenvalue weighted by molar-refractivity contribution is -0.385. The number of nitriles is 1. The first-order chi connectivity index (χ1) is 13.5. The van der Waals surface area contributed by atoms with Crippen LogP contribution in [0.15, 0.2) is 36.4 Å². The van der Waals surface area contributed by atoms with Gasteiger partial charge in [0.1, 0.15) is 0 Å². The van der Waals surface area contributed by atoms with E-state index in [1.165, 1.54) is 20.3 Å². The van der Waals surface area contributed by atoms with Crippen molar-refractivity contribution in [3.8, 4) is 17.6 Å². The van der Waals surface area contributed by atoms with Gasteiger partial charge in [0.25, 0.3) is 5.69 Å². The molecular weight excluding hydrogens is 362 g/mol. The number of nitro groups is 1. The highest BCUT2D eigenvalue weighted by molar-refractivity contribution is 5.76. The highest BCUT2D eigenvalue weighted by atomic mass is 16.6. The Balaban J connectivity index is 1.91. The number of methoxy groups -OCH3 is 2. The molecule has 8 nitrogen and oxygen atoms in total. The molecule has 0 aromatic heterocycles. The number of amides is 1. The number of ether oxygens (including phenoxy) is 2. The monoisotopic (exact) mass is 383 g/mol. The number of hydrogen-bond acceptors (Lipinski definition) is 6. The number of aryl methyl sites for hydroxylation is 1. The molecule has 2 aromatic carbocycles. The van der Waals surface area contributed by atoms with Crippen molar-refractivity contribution < 1.29 is 19.2 Å². The molecule has 0 spiro atoms. The summed E-state index contributed by atoms with van der Waals surface area (Å²) in [5.41, 5.74) is 1.91. The SMILES string of the molecule is COc1cc(CCNC(=O)CCc2ccc(C#N)cc2)c([N+](=O)[O-])cc1OC. The Morgan fingerprint density at radius 3 is 2.36 bits per heavy atom. The fourth-order valence-corrected chi connectivity index (χ4v) is 2.71. The normalized spacial score (nSPS) is 10.0. The summed E-state index contributed by atoms with van der Waals surface area (Å²) in [6.45, 7) is 0.266. The Morgan fingerprint density at radius 2 is 1.79 bits per heavy atom. The molecule has 0 aliphatic carbocycles. The molecule has 0 saturated carbocycles. The Labute approximate surface area is 162 Å². The fraction of sp³-hybridized carbons (Fsp3) is 0.300. The fourth-order valence-electron chi connectivity index (χ4n) is 2.71. The maximum Gasteiger partial charge on any atom is 0.276 e. The molecular formula is C20H21N3O5. The van der Waals surface area contributed by atoms with E-state index in [-0.39, 0.29) is 23.9 Å². The van der Waals surface area contributed by atoms with E-state index in [1.807, 2.05) is 18.2 Å². The first-order valence-corrected chi connectivity index (χ1v) is 8.63. The second kappa shape index (κ2) is 9.92. The van der Waals surface area contributed by atoms with Gasteiger partial charge in [-0.05, 0) is 36.6 Å². The molecule has 1 amide bonds. The van der Waals surface area contributed by atoms with Crippen LogP contribution in [-0.4, -0.2) is 31.6 Å². The number of carbonyl (C=O) groups is 1. The molecule has 2 rings (SSSR count). The second-order valence-corrected chi connectivity index (χ2v) is 6.00. The number of nitro benzene ring substituents is 1. The average Bonchev–Trinajstić information content (AvgIpc) is 2.71. The predicted octanol–water partition coefficient (Wildman–Crippen LogP) is 2.78. The van der Waals surface area contributed by atoms with Crippen LogP contribution in [0.2, 0.25) is 0 Å². The largest absolute Gasteiger partial charge is 0.493 e. The summed E-state index contributed by atoms with van der Waals surface area (Å²) in [7, 11) is 2.87. The van der Waals surface area contributed by atoms with Gasteiger partial charge in [-0.15, -0.1) is 0 Å². The van der Waals surface area contributed by atoms with E-state index < -0.39 is 4.92 Å². The summed E-state index contributed by atoms with van der Waals surface area (Å²) in [4.78, 5) is 22.8. The summed E-state index contributed by atoms with van der Waals surface area (Å²) in [6.07, 6.45) is 1.13. The molecule has 0 aliphatic heterocycles. The smallest absolute Gasteiger partial charge is 0.276 e. The minimum absolute atomic E-state index is 0.0792. The van der Waals surface area contributed by atoms with Crippen molar-refractivity contribution in [3.05, 3.63) is 63.2 Å². The van der Waals surface area contributed by atoms with Crippen LogP contribution in [-0.2, 0) is 17.6 Å². The third-order valence-electron chi connectivity index (χ3n) is 4.22. The molecule has 0 atom stereocenters. The number of nitrogens with one attached hydrogen (secondary N) is 1. The maximum absolute atomic E-state index is 12.0. The van der Waals surface area contributed by atoms with Crippen LogP contribution in [0.25, 0.3) is 0 Å². The van der Waals surface area contributed by atoms with Gasteiger partial charge in [0.2, 0.25) is 5.91 Å². The lowest BCUT2D eigenvalue weighted by atomic mass is 10.1. The van der Waals surface area contributed by atoms with Crippen molar-refractivity contribution in [2.75, 3.05) is 20.8 Å². The zero-order valence-electron chi connectivity index (χ0n) is 15.7. The minimum Gasteiger partial charge on any atom is -0.493 e. The highest BCUT2D eigenvalue weighted by Crippen LogP contribution is 2.34. The summed E-state index contributed by atoms with van der Waals surface area (Å²) in [5, 5.41) is 22.8. The Morgan fingerprint density at radius 1 is 1.14 bits per heavy atom. The molecule has 2 aromatic rings. The molecule has 146 valence electrons. The van der Waals surface area contributed by atoms with Crippen molar-refractivity contribution in [2.24, 2.45) is 0 Å². The lowest BCUT2D eigenvalue weighted by Gasteiger charge is -2.11. The first kappa shape index (κ1) is 20.7. The highest BCUT2D eigenvalue weighted by Gasteiger charge is 2.19. The van der Waals surface area contributed by atoms with Gasteiger partial charge in [0.15, 0.2) is 11.5 Å². The summed E-state index contributed by atoms with van der Waals surface area (Å²) >= 11 is 0. The number of benzene rings is 2. The summed E-state index contributed by atoms with van der Waals surface area (Å²) < 4.78 is 10.3. The van der Waals surface area contributed by atoms with E-state index >= 15 is 0 Å². The summed E-state index contributed by atoms with van der Waals surface area (Å²) in [6, 6.07) is 12.0. The molecule has 0 heterocycles. The van der Waals surface area contributed by atoms with Gasteiger partial charge in [-0.25, -0.2) is 0 Å².